The van der Waals surface area contributed by atoms with Gasteiger partial charge in [0.2, 0.25) is 0 Å². The van der Waals surface area contributed by atoms with Crippen LogP contribution in [-0.2, 0) is 16.6 Å². The highest BCUT2D eigenvalue weighted by Gasteiger charge is 2.21. The van der Waals surface area contributed by atoms with Crippen LogP contribution in [0.3, 0.4) is 0 Å². The van der Waals surface area contributed by atoms with E-state index in [9.17, 15) is 14.7 Å². The molecule has 0 aliphatic heterocycles. The van der Waals surface area contributed by atoms with E-state index < -0.39 is 12.0 Å². The Morgan fingerprint density at radius 2 is 1.62 bits per heavy atom. The zero-order valence-corrected chi connectivity index (χ0v) is 15.7. The Balaban J connectivity index is 1.94. The van der Waals surface area contributed by atoms with Crippen LogP contribution in [-0.4, -0.2) is 23.0 Å². The third-order valence-corrected chi connectivity index (χ3v) is 4.42. The fraction of sp³-hybridized carbons (Fsp3) is 0.364. The molecule has 4 heteroatoms. The van der Waals surface area contributed by atoms with Crippen LogP contribution in [0.5, 0.6) is 0 Å². The van der Waals surface area contributed by atoms with Gasteiger partial charge in [-0.15, -0.1) is 0 Å². The second-order valence-electron chi connectivity index (χ2n) is 7.57. The van der Waals surface area contributed by atoms with E-state index in [-0.39, 0.29) is 11.3 Å². The molecule has 0 aliphatic carbocycles. The highest BCUT2D eigenvalue weighted by atomic mass is 16.4. The largest absolute Gasteiger partial charge is 0.480 e. The summed E-state index contributed by atoms with van der Waals surface area (Å²) < 4.78 is 0. The average molecular weight is 353 g/mol. The van der Waals surface area contributed by atoms with Gasteiger partial charge in [-0.3, -0.25) is 4.79 Å². The minimum atomic E-state index is -1.00. The van der Waals surface area contributed by atoms with Gasteiger partial charge >= 0.3 is 5.97 Å². The Morgan fingerprint density at radius 3 is 2.15 bits per heavy atom. The quantitative estimate of drug-likeness (QED) is 0.784. The molecule has 1 amide bonds. The van der Waals surface area contributed by atoms with Gasteiger partial charge in [0, 0.05) is 5.56 Å². The fourth-order valence-electron chi connectivity index (χ4n) is 2.78. The highest BCUT2D eigenvalue weighted by Crippen LogP contribution is 2.22. The van der Waals surface area contributed by atoms with Crippen LogP contribution in [0.4, 0.5) is 0 Å². The Kier molecular flexibility index (Phi) is 6.56. The molecule has 2 rings (SSSR count). The first kappa shape index (κ1) is 19.7. The third kappa shape index (κ3) is 5.73. The number of amides is 1. The molecule has 0 heterocycles. The molecule has 0 spiro atoms. The molecule has 138 valence electrons. The van der Waals surface area contributed by atoms with Crippen LogP contribution in [0, 0.1) is 0 Å². The van der Waals surface area contributed by atoms with Gasteiger partial charge in [0.15, 0.2) is 0 Å². The van der Waals surface area contributed by atoms with E-state index in [1.54, 1.807) is 12.1 Å². The van der Waals surface area contributed by atoms with E-state index in [0.29, 0.717) is 18.4 Å². The molecule has 0 aliphatic rings. The Bertz CT molecular complexity index is 730. The SMILES string of the molecule is CC(C)(C)c1ccc(C(=O)N[C@@H](CCCc2ccccc2)C(=O)O)cc1. The molecule has 0 aromatic heterocycles. The molecule has 0 unspecified atom stereocenters. The summed E-state index contributed by atoms with van der Waals surface area (Å²) in [7, 11) is 0. The number of aryl methyl sites for hydroxylation is 1. The maximum Gasteiger partial charge on any atom is 0.326 e. The molecule has 0 radical (unpaired) electrons. The predicted octanol–water partition coefficient (Wildman–Crippen LogP) is 4.19. The second-order valence-corrected chi connectivity index (χ2v) is 7.57. The molecule has 0 saturated carbocycles. The topological polar surface area (TPSA) is 66.4 Å². The smallest absolute Gasteiger partial charge is 0.326 e. The number of nitrogens with one attached hydrogen (secondary N) is 1. The van der Waals surface area contributed by atoms with Gasteiger partial charge in [0.05, 0.1) is 0 Å². The lowest BCUT2D eigenvalue weighted by molar-refractivity contribution is -0.139. The number of carbonyl (C=O) groups excluding carboxylic acids is 1. The molecule has 2 aromatic rings. The second kappa shape index (κ2) is 8.65. The van der Waals surface area contributed by atoms with Gasteiger partial charge in [0.25, 0.3) is 5.91 Å². The van der Waals surface area contributed by atoms with E-state index >= 15 is 0 Å². The van der Waals surface area contributed by atoms with Crippen molar-refractivity contribution in [3.8, 4) is 0 Å². The third-order valence-electron chi connectivity index (χ3n) is 4.42. The van der Waals surface area contributed by atoms with Crippen molar-refractivity contribution in [1.29, 1.82) is 0 Å². The fourth-order valence-corrected chi connectivity index (χ4v) is 2.78. The van der Waals surface area contributed by atoms with Crippen molar-refractivity contribution in [3.63, 3.8) is 0 Å². The van der Waals surface area contributed by atoms with Crippen LogP contribution >= 0.6 is 0 Å². The van der Waals surface area contributed by atoms with Crippen molar-refractivity contribution in [3.05, 3.63) is 71.3 Å². The van der Waals surface area contributed by atoms with Gasteiger partial charge in [0.1, 0.15) is 6.04 Å². The lowest BCUT2D eigenvalue weighted by atomic mass is 9.86. The molecule has 0 bridgehead atoms. The zero-order chi connectivity index (χ0) is 19.2. The number of benzene rings is 2. The van der Waals surface area contributed by atoms with Crippen LogP contribution in [0.25, 0.3) is 0 Å². The normalized spacial score (nSPS) is 12.4. The molecule has 26 heavy (non-hydrogen) atoms. The molecule has 4 nitrogen and oxygen atoms in total. The van der Waals surface area contributed by atoms with E-state index in [0.717, 1.165) is 12.0 Å². The standard InChI is InChI=1S/C22H27NO3/c1-22(2,3)18-14-12-17(13-15-18)20(24)23-19(21(25)26)11-7-10-16-8-5-4-6-9-16/h4-6,8-9,12-15,19H,7,10-11H2,1-3H3,(H,23,24)(H,25,26)/t19-/m0/s1. The molecular weight excluding hydrogens is 326 g/mol. The van der Waals surface area contributed by atoms with Crippen molar-refractivity contribution in [2.45, 2.75) is 51.5 Å². The molecule has 0 fully saturated rings. The van der Waals surface area contributed by atoms with Crippen molar-refractivity contribution in [2.24, 2.45) is 0 Å². The minimum absolute atomic E-state index is 0.00996. The summed E-state index contributed by atoms with van der Waals surface area (Å²) >= 11 is 0. The van der Waals surface area contributed by atoms with E-state index in [2.05, 4.69) is 26.1 Å². The lowest BCUT2D eigenvalue weighted by Gasteiger charge is -2.19. The zero-order valence-electron chi connectivity index (χ0n) is 15.7. The predicted molar refractivity (Wildman–Crippen MR) is 103 cm³/mol. The summed E-state index contributed by atoms with van der Waals surface area (Å²) in [5, 5.41) is 12.0. The molecule has 0 saturated heterocycles. The van der Waals surface area contributed by atoms with Gasteiger partial charge < -0.3 is 10.4 Å². The molecule has 1 atom stereocenters. The monoisotopic (exact) mass is 353 g/mol. The summed E-state index contributed by atoms with van der Waals surface area (Å²) in [6.07, 6.45) is 1.89. The summed E-state index contributed by atoms with van der Waals surface area (Å²) in [4.78, 5) is 23.9. The first-order chi connectivity index (χ1) is 12.3. The first-order valence-corrected chi connectivity index (χ1v) is 8.95. The van der Waals surface area contributed by atoms with Gasteiger partial charge in [-0.05, 0) is 47.9 Å². The maximum atomic E-state index is 12.4. The van der Waals surface area contributed by atoms with Crippen molar-refractivity contribution in [2.75, 3.05) is 0 Å². The Hall–Kier alpha value is -2.62. The number of hydrogen-bond donors (Lipinski definition) is 2. The van der Waals surface area contributed by atoms with E-state index in [4.69, 9.17) is 0 Å². The van der Waals surface area contributed by atoms with Gasteiger partial charge in [-0.1, -0.05) is 63.2 Å². The minimum Gasteiger partial charge on any atom is -0.480 e. The summed E-state index contributed by atoms with van der Waals surface area (Å²) in [5.74, 6) is -1.35. The number of aliphatic carboxylic acids is 1. The number of carbonyl (C=O) groups is 2. The lowest BCUT2D eigenvalue weighted by Crippen LogP contribution is -2.40. The molecule has 2 N–H and O–H groups in total. The summed E-state index contributed by atoms with van der Waals surface area (Å²) in [6, 6.07) is 16.4. The maximum absolute atomic E-state index is 12.4. The number of carboxylic acids is 1. The summed E-state index contributed by atoms with van der Waals surface area (Å²) in [6.45, 7) is 6.32. The van der Waals surface area contributed by atoms with Crippen molar-refractivity contribution >= 4 is 11.9 Å². The van der Waals surface area contributed by atoms with Crippen molar-refractivity contribution in [1.82, 2.24) is 5.32 Å². The Labute approximate surface area is 155 Å². The van der Waals surface area contributed by atoms with Crippen LogP contribution in [0.1, 0.15) is 55.1 Å². The first-order valence-electron chi connectivity index (χ1n) is 8.95. The van der Waals surface area contributed by atoms with Crippen LogP contribution in [0.15, 0.2) is 54.6 Å². The van der Waals surface area contributed by atoms with Gasteiger partial charge in [-0.2, -0.15) is 0 Å². The van der Waals surface area contributed by atoms with Crippen LogP contribution in [0.2, 0.25) is 0 Å². The molecular formula is C22H27NO3. The van der Waals surface area contributed by atoms with Gasteiger partial charge in [-0.25, -0.2) is 4.79 Å². The number of carboxylic acid groups (broad SMARTS) is 1. The van der Waals surface area contributed by atoms with Crippen molar-refractivity contribution < 1.29 is 14.7 Å². The Morgan fingerprint density at radius 1 is 1.00 bits per heavy atom. The number of hydrogen-bond acceptors (Lipinski definition) is 2. The average Bonchev–Trinajstić information content (AvgIpc) is 2.61. The van der Waals surface area contributed by atoms with Crippen LogP contribution < -0.4 is 5.32 Å². The molecule has 2 aromatic carbocycles. The van der Waals surface area contributed by atoms with E-state index in [1.165, 1.54) is 5.56 Å². The number of rotatable bonds is 7. The van der Waals surface area contributed by atoms with E-state index in [1.807, 2.05) is 42.5 Å². The highest BCUT2D eigenvalue weighted by molar-refractivity contribution is 5.96. The summed E-state index contributed by atoms with van der Waals surface area (Å²) in [5.41, 5.74) is 2.79.